The Labute approximate surface area is 124 Å². The third-order valence-corrected chi connectivity index (χ3v) is 3.66. The fourth-order valence-corrected chi connectivity index (χ4v) is 2.46. The van der Waals surface area contributed by atoms with E-state index in [1.807, 2.05) is 6.92 Å². The van der Waals surface area contributed by atoms with Gasteiger partial charge in [-0.15, -0.1) is 11.3 Å². The largest absolute Gasteiger partial charge is 0.383 e. The smallest absolute Gasteiger partial charge is 0.270 e. The summed E-state index contributed by atoms with van der Waals surface area (Å²) in [6.07, 6.45) is 1.56. The summed E-state index contributed by atoms with van der Waals surface area (Å²) >= 11 is 1.44. The fourth-order valence-electron chi connectivity index (χ4n) is 1.74. The number of nitrogens with zero attached hydrogens (tertiary/aromatic N) is 5. The zero-order chi connectivity index (χ0) is 14.8. The first-order chi connectivity index (χ1) is 10.2. The van der Waals surface area contributed by atoms with Crippen LogP contribution in [0.4, 0.5) is 5.82 Å². The van der Waals surface area contributed by atoms with E-state index >= 15 is 0 Å². The lowest BCUT2D eigenvalue weighted by molar-refractivity contribution is 0.178. The molecule has 0 aliphatic carbocycles. The van der Waals surface area contributed by atoms with Crippen LogP contribution in [0, 0.1) is 6.92 Å². The summed E-state index contributed by atoms with van der Waals surface area (Å²) < 4.78 is 10.2. The Morgan fingerprint density at radius 3 is 2.86 bits per heavy atom. The number of nitrogen functional groups attached to an aromatic ring is 1. The van der Waals surface area contributed by atoms with Gasteiger partial charge in [-0.3, -0.25) is 0 Å². The molecule has 0 spiro atoms. The number of aryl methyl sites for hydroxylation is 1. The minimum absolute atomic E-state index is 0.283. The van der Waals surface area contributed by atoms with E-state index in [2.05, 4.69) is 25.1 Å². The Hall–Kier alpha value is -2.39. The van der Waals surface area contributed by atoms with Gasteiger partial charge in [0.15, 0.2) is 5.82 Å². The van der Waals surface area contributed by atoms with Crippen molar-refractivity contribution in [1.82, 2.24) is 25.1 Å². The SMILES string of the molecule is COCc1ncc(-c2noc(-c3scnc3C)n2)c(N)n1. The number of hydrogen-bond donors (Lipinski definition) is 1. The standard InChI is InChI=1S/C12H12N6O2S/c1-6-9(21-5-15-6)12-17-11(18-20-12)7-3-14-8(4-19-2)16-10(7)13/h3,5H,4H2,1-2H3,(H2,13,14,16). The summed E-state index contributed by atoms with van der Waals surface area (Å²) in [5.41, 5.74) is 8.99. The number of methoxy groups -OCH3 is 1. The second-order valence-electron chi connectivity index (χ2n) is 4.21. The minimum atomic E-state index is 0.283. The van der Waals surface area contributed by atoms with Gasteiger partial charge in [0.1, 0.15) is 17.3 Å². The molecule has 0 unspecified atom stereocenters. The topological polar surface area (TPSA) is 113 Å². The molecule has 0 bridgehead atoms. The number of thiazole rings is 1. The van der Waals surface area contributed by atoms with Crippen LogP contribution in [0.2, 0.25) is 0 Å². The molecule has 21 heavy (non-hydrogen) atoms. The Kier molecular flexibility index (Phi) is 3.59. The summed E-state index contributed by atoms with van der Waals surface area (Å²) in [5.74, 6) is 1.54. The third kappa shape index (κ3) is 2.60. The van der Waals surface area contributed by atoms with E-state index in [1.165, 1.54) is 11.3 Å². The van der Waals surface area contributed by atoms with Crippen molar-refractivity contribution >= 4 is 17.2 Å². The molecule has 0 aliphatic heterocycles. The van der Waals surface area contributed by atoms with Gasteiger partial charge in [0.2, 0.25) is 5.82 Å². The number of ether oxygens (including phenoxy) is 1. The lowest BCUT2D eigenvalue weighted by atomic mass is 10.3. The molecular weight excluding hydrogens is 292 g/mol. The van der Waals surface area contributed by atoms with Gasteiger partial charge in [-0.05, 0) is 6.92 Å². The Balaban J connectivity index is 1.95. The summed E-state index contributed by atoms with van der Waals surface area (Å²) in [6, 6.07) is 0. The van der Waals surface area contributed by atoms with Crippen LogP contribution in [0.15, 0.2) is 16.2 Å². The lowest BCUT2D eigenvalue weighted by Crippen LogP contribution is -2.03. The molecule has 9 heteroatoms. The van der Waals surface area contributed by atoms with Crippen LogP contribution in [0.5, 0.6) is 0 Å². The van der Waals surface area contributed by atoms with Crippen LogP contribution in [0.3, 0.4) is 0 Å². The number of aromatic nitrogens is 5. The number of rotatable bonds is 4. The minimum Gasteiger partial charge on any atom is -0.383 e. The molecule has 3 heterocycles. The average molecular weight is 304 g/mol. The van der Waals surface area contributed by atoms with Crippen molar-refractivity contribution in [1.29, 1.82) is 0 Å². The zero-order valence-electron chi connectivity index (χ0n) is 11.4. The molecule has 0 aromatic carbocycles. The quantitative estimate of drug-likeness (QED) is 0.774. The number of hydrogen-bond acceptors (Lipinski definition) is 9. The highest BCUT2D eigenvalue weighted by Gasteiger charge is 2.17. The number of anilines is 1. The summed E-state index contributed by atoms with van der Waals surface area (Å²) in [7, 11) is 1.57. The van der Waals surface area contributed by atoms with E-state index in [4.69, 9.17) is 15.0 Å². The predicted octanol–water partition coefficient (Wildman–Crippen LogP) is 1.69. The van der Waals surface area contributed by atoms with Crippen LogP contribution in [0.1, 0.15) is 11.5 Å². The maximum absolute atomic E-state index is 5.90. The maximum Gasteiger partial charge on any atom is 0.270 e. The van der Waals surface area contributed by atoms with Crippen molar-refractivity contribution in [2.45, 2.75) is 13.5 Å². The van der Waals surface area contributed by atoms with Crippen molar-refractivity contribution in [2.75, 3.05) is 12.8 Å². The van der Waals surface area contributed by atoms with Crippen LogP contribution in [0.25, 0.3) is 22.2 Å². The molecule has 3 aromatic heterocycles. The van der Waals surface area contributed by atoms with Gasteiger partial charge < -0.3 is 15.0 Å². The third-order valence-electron chi connectivity index (χ3n) is 2.75. The van der Waals surface area contributed by atoms with E-state index in [-0.39, 0.29) is 5.82 Å². The van der Waals surface area contributed by atoms with E-state index in [9.17, 15) is 0 Å². The lowest BCUT2D eigenvalue weighted by Gasteiger charge is -2.02. The first-order valence-electron chi connectivity index (χ1n) is 6.04. The van der Waals surface area contributed by atoms with E-state index in [1.54, 1.807) is 18.8 Å². The fraction of sp³-hybridized carbons (Fsp3) is 0.250. The van der Waals surface area contributed by atoms with Crippen LogP contribution in [-0.2, 0) is 11.3 Å². The summed E-state index contributed by atoms with van der Waals surface area (Å²) in [4.78, 5) is 17.6. The highest BCUT2D eigenvalue weighted by Crippen LogP contribution is 2.28. The van der Waals surface area contributed by atoms with E-state index in [0.717, 1.165) is 10.6 Å². The van der Waals surface area contributed by atoms with Crippen molar-refractivity contribution in [3.63, 3.8) is 0 Å². The van der Waals surface area contributed by atoms with Crippen molar-refractivity contribution < 1.29 is 9.26 Å². The van der Waals surface area contributed by atoms with E-state index in [0.29, 0.717) is 29.7 Å². The predicted molar refractivity (Wildman–Crippen MR) is 76.3 cm³/mol. The van der Waals surface area contributed by atoms with Gasteiger partial charge in [0.05, 0.1) is 16.8 Å². The van der Waals surface area contributed by atoms with Crippen LogP contribution >= 0.6 is 11.3 Å². The van der Waals surface area contributed by atoms with Crippen molar-refractivity contribution in [3.05, 3.63) is 23.2 Å². The molecule has 8 nitrogen and oxygen atoms in total. The Morgan fingerprint density at radius 1 is 1.33 bits per heavy atom. The second kappa shape index (κ2) is 5.54. The van der Waals surface area contributed by atoms with Crippen LogP contribution in [-0.4, -0.2) is 32.2 Å². The maximum atomic E-state index is 5.90. The number of nitrogens with two attached hydrogens (primary N) is 1. The summed E-state index contributed by atoms with van der Waals surface area (Å²) in [5, 5.41) is 3.92. The zero-order valence-corrected chi connectivity index (χ0v) is 12.2. The molecular formula is C12H12N6O2S. The second-order valence-corrected chi connectivity index (χ2v) is 5.06. The molecule has 3 aromatic rings. The molecule has 0 fully saturated rings. The van der Waals surface area contributed by atoms with E-state index < -0.39 is 0 Å². The van der Waals surface area contributed by atoms with Crippen molar-refractivity contribution in [3.8, 4) is 22.2 Å². The normalized spacial score (nSPS) is 11.0. The highest BCUT2D eigenvalue weighted by atomic mass is 32.1. The first-order valence-corrected chi connectivity index (χ1v) is 6.92. The molecule has 2 N–H and O–H groups in total. The van der Waals surface area contributed by atoms with Gasteiger partial charge in [-0.1, -0.05) is 5.16 Å². The molecule has 0 atom stereocenters. The van der Waals surface area contributed by atoms with Gasteiger partial charge in [0.25, 0.3) is 5.89 Å². The first kappa shape index (κ1) is 13.6. The molecule has 0 radical (unpaired) electrons. The molecule has 0 saturated heterocycles. The summed E-state index contributed by atoms with van der Waals surface area (Å²) in [6.45, 7) is 2.18. The highest BCUT2D eigenvalue weighted by molar-refractivity contribution is 7.13. The molecule has 108 valence electrons. The van der Waals surface area contributed by atoms with Gasteiger partial charge in [-0.2, -0.15) is 4.98 Å². The van der Waals surface area contributed by atoms with Crippen molar-refractivity contribution in [2.24, 2.45) is 0 Å². The monoisotopic (exact) mass is 304 g/mol. The van der Waals surface area contributed by atoms with Gasteiger partial charge >= 0.3 is 0 Å². The Morgan fingerprint density at radius 2 is 2.19 bits per heavy atom. The molecule has 3 rings (SSSR count). The van der Waals surface area contributed by atoms with Crippen LogP contribution < -0.4 is 5.73 Å². The molecule has 0 saturated carbocycles. The molecule has 0 aliphatic rings. The van der Waals surface area contributed by atoms with Gasteiger partial charge in [0, 0.05) is 13.3 Å². The van der Waals surface area contributed by atoms with Gasteiger partial charge in [-0.25, -0.2) is 15.0 Å². The molecule has 0 amide bonds. The average Bonchev–Trinajstić information content (AvgIpc) is 3.08. The Bertz CT molecular complexity index is 769.